The Hall–Kier alpha value is -3.40. The summed E-state index contributed by atoms with van der Waals surface area (Å²) in [5, 5.41) is 4.06. The summed E-state index contributed by atoms with van der Waals surface area (Å²) >= 11 is 0. The molecule has 0 aliphatic carbocycles. The molecule has 1 aromatic carbocycles. The highest BCUT2D eigenvalue weighted by Crippen LogP contribution is 2.36. The van der Waals surface area contributed by atoms with Crippen molar-refractivity contribution >= 4 is 28.8 Å². The minimum absolute atomic E-state index is 0.0334. The number of nitrogens with one attached hydrogen (secondary N) is 1. The minimum atomic E-state index is -0.308. The average molecular weight is 552 g/mol. The van der Waals surface area contributed by atoms with Gasteiger partial charge < -0.3 is 24.4 Å². The van der Waals surface area contributed by atoms with Gasteiger partial charge in [0.25, 0.3) is 11.5 Å². The van der Waals surface area contributed by atoms with Crippen LogP contribution in [0, 0.1) is 0 Å². The van der Waals surface area contributed by atoms with Crippen molar-refractivity contribution in [2.45, 2.75) is 77.0 Å². The zero-order valence-corrected chi connectivity index (χ0v) is 23.8. The molecule has 2 aromatic rings. The molecule has 40 heavy (non-hydrogen) atoms. The fourth-order valence-corrected chi connectivity index (χ4v) is 6.68. The van der Waals surface area contributed by atoms with E-state index in [9.17, 15) is 19.2 Å². The van der Waals surface area contributed by atoms with Crippen LogP contribution in [0.2, 0.25) is 0 Å². The Labute approximate surface area is 235 Å². The number of para-hydroxylation sites is 1. The molecular weight excluding hydrogens is 510 g/mol. The van der Waals surface area contributed by atoms with E-state index in [1.54, 1.807) is 27.4 Å². The number of carbonyl (C=O) groups is 3. The maximum Gasteiger partial charge on any atom is 0.409 e. The summed E-state index contributed by atoms with van der Waals surface area (Å²) in [4.78, 5) is 56.4. The van der Waals surface area contributed by atoms with Gasteiger partial charge in [0.15, 0.2) is 0 Å². The van der Waals surface area contributed by atoms with E-state index >= 15 is 0 Å². The van der Waals surface area contributed by atoms with E-state index in [1.165, 1.54) is 0 Å². The van der Waals surface area contributed by atoms with Gasteiger partial charge in [-0.1, -0.05) is 18.2 Å². The van der Waals surface area contributed by atoms with Gasteiger partial charge in [0, 0.05) is 63.8 Å². The maximum atomic E-state index is 13.3. The number of ether oxygens (including phenoxy) is 1. The van der Waals surface area contributed by atoms with Gasteiger partial charge in [0.1, 0.15) is 5.56 Å². The summed E-state index contributed by atoms with van der Waals surface area (Å²) in [6, 6.07) is 10.1. The smallest absolute Gasteiger partial charge is 0.409 e. The van der Waals surface area contributed by atoms with Crippen LogP contribution in [0.15, 0.2) is 35.1 Å². The van der Waals surface area contributed by atoms with Gasteiger partial charge >= 0.3 is 6.09 Å². The van der Waals surface area contributed by atoms with Gasteiger partial charge in [0.2, 0.25) is 5.91 Å². The van der Waals surface area contributed by atoms with Crippen LogP contribution in [0.5, 0.6) is 0 Å². The van der Waals surface area contributed by atoms with Crippen LogP contribution in [-0.2, 0) is 9.53 Å². The average Bonchev–Trinajstić information content (AvgIpc) is 3.17. The molecule has 3 aliphatic rings. The highest BCUT2D eigenvalue weighted by Gasteiger charge is 2.41. The summed E-state index contributed by atoms with van der Waals surface area (Å²) in [7, 11) is 0. The molecule has 1 aromatic heterocycles. The number of rotatable bonds is 7. The van der Waals surface area contributed by atoms with Crippen LogP contribution in [0.25, 0.3) is 10.9 Å². The fourth-order valence-electron chi connectivity index (χ4n) is 6.68. The number of benzene rings is 1. The lowest BCUT2D eigenvalue weighted by molar-refractivity contribution is -0.130. The van der Waals surface area contributed by atoms with E-state index in [0.29, 0.717) is 44.9 Å². The van der Waals surface area contributed by atoms with Crippen molar-refractivity contribution in [3.05, 3.63) is 46.2 Å². The third-order valence-corrected chi connectivity index (χ3v) is 8.70. The molecule has 5 rings (SSSR count). The van der Waals surface area contributed by atoms with Crippen molar-refractivity contribution in [2.75, 3.05) is 39.3 Å². The third kappa shape index (κ3) is 5.87. The Bertz CT molecular complexity index is 1300. The zero-order valence-electron chi connectivity index (χ0n) is 23.8. The number of piperazine rings is 1. The molecule has 0 saturated carbocycles. The Balaban J connectivity index is 1.11. The zero-order chi connectivity index (χ0) is 28.4. The first-order valence-electron chi connectivity index (χ1n) is 14.6. The first-order chi connectivity index (χ1) is 19.2. The molecule has 2 unspecified atom stereocenters. The molecule has 3 atom stereocenters. The molecule has 10 nitrogen and oxygen atoms in total. The summed E-state index contributed by atoms with van der Waals surface area (Å²) in [6.07, 6.45) is 4.34. The highest BCUT2D eigenvalue weighted by atomic mass is 16.6. The topological polar surface area (TPSA) is 104 Å². The molecule has 2 bridgehead atoms. The fraction of sp³-hybridized carbons (Fsp3) is 0.600. The number of fused-ring (bicyclic) bond motifs is 3. The van der Waals surface area contributed by atoms with Crippen molar-refractivity contribution < 1.29 is 19.1 Å². The molecule has 0 spiro atoms. The summed E-state index contributed by atoms with van der Waals surface area (Å²) in [6.45, 7) is 8.80. The molecule has 10 heteroatoms. The molecule has 3 aliphatic heterocycles. The second-order valence-corrected chi connectivity index (χ2v) is 11.6. The molecule has 3 fully saturated rings. The van der Waals surface area contributed by atoms with Crippen LogP contribution in [0.1, 0.15) is 69.3 Å². The maximum absolute atomic E-state index is 13.3. The number of hydrogen-bond acceptors (Lipinski definition) is 6. The van der Waals surface area contributed by atoms with E-state index in [2.05, 4.69) is 10.2 Å². The van der Waals surface area contributed by atoms with Gasteiger partial charge in [-0.25, -0.2) is 4.79 Å². The predicted octanol–water partition coefficient (Wildman–Crippen LogP) is 3.00. The van der Waals surface area contributed by atoms with Gasteiger partial charge in [-0.15, -0.1) is 0 Å². The number of hydrogen-bond donors (Lipinski definition) is 1. The summed E-state index contributed by atoms with van der Waals surface area (Å²) in [5.41, 5.74) is 0.792. The lowest BCUT2D eigenvalue weighted by Gasteiger charge is -2.39. The van der Waals surface area contributed by atoms with Gasteiger partial charge in [-0.3, -0.25) is 19.3 Å². The van der Waals surface area contributed by atoms with Crippen molar-refractivity contribution in [3.63, 3.8) is 0 Å². The molecule has 3 saturated heterocycles. The monoisotopic (exact) mass is 551 g/mol. The highest BCUT2D eigenvalue weighted by molar-refractivity contribution is 5.97. The number of carbonyl (C=O) groups excluding carboxylic acids is 3. The Morgan fingerprint density at radius 2 is 1.65 bits per heavy atom. The summed E-state index contributed by atoms with van der Waals surface area (Å²) < 4.78 is 7.22. The second-order valence-electron chi connectivity index (χ2n) is 11.6. The molecular formula is C30H41N5O5. The van der Waals surface area contributed by atoms with Gasteiger partial charge in [0.05, 0.1) is 12.1 Å². The lowest BCUT2D eigenvalue weighted by atomic mass is 9.96. The van der Waals surface area contributed by atoms with Crippen LogP contribution in [0.4, 0.5) is 4.79 Å². The van der Waals surface area contributed by atoms with Gasteiger partial charge in [-0.2, -0.15) is 0 Å². The lowest BCUT2D eigenvalue weighted by Crippen LogP contribution is -2.51. The molecule has 216 valence electrons. The van der Waals surface area contributed by atoms with Gasteiger partial charge in [-0.05, 0) is 63.5 Å². The van der Waals surface area contributed by atoms with Crippen molar-refractivity contribution in [3.8, 4) is 0 Å². The Kier molecular flexibility index (Phi) is 8.44. The standard InChI is InChI=1S/C30H41N5O5/c1-20(2)35-27-8-5-4-7-22(27)17-26(29(35)38)28(37)31-23-18-24-9-10-25(19-23)34(24)11-6-16-40-30(39)33-14-12-32(13-15-33)21(3)36/h4-5,7-8,17,20,23-25H,6,9-16,18-19H2,1-3H3,(H,31,37)/t23?,24-,25?/m0/s1. The molecule has 4 heterocycles. The summed E-state index contributed by atoms with van der Waals surface area (Å²) in [5.74, 6) is -0.256. The van der Waals surface area contributed by atoms with Crippen molar-refractivity contribution in [1.29, 1.82) is 0 Å². The third-order valence-electron chi connectivity index (χ3n) is 8.70. The Morgan fingerprint density at radius 1 is 1.00 bits per heavy atom. The first kappa shape index (κ1) is 28.1. The largest absolute Gasteiger partial charge is 0.449 e. The van der Waals surface area contributed by atoms with E-state index < -0.39 is 0 Å². The number of amides is 3. The van der Waals surface area contributed by atoms with Crippen LogP contribution >= 0.6 is 0 Å². The number of aromatic nitrogens is 1. The predicted molar refractivity (Wildman–Crippen MR) is 152 cm³/mol. The Morgan fingerprint density at radius 3 is 2.30 bits per heavy atom. The van der Waals surface area contributed by atoms with Crippen molar-refractivity contribution in [2.24, 2.45) is 0 Å². The van der Waals surface area contributed by atoms with E-state index in [-0.39, 0.29) is 41.1 Å². The van der Waals surface area contributed by atoms with Crippen LogP contribution in [0.3, 0.4) is 0 Å². The molecule has 0 radical (unpaired) electrons. The van der Waals surface area contributed by atoms with E-state index in [4.69, 9.17) is 4.74 Å². The molecule has 3 amide bonds. The van der Waals surface area contributed by atoms with Crippen molar-refractivity contribution in [1.82, 2.24) is 24.6 Å². The number of pyridine rings is 1. The molecule has 1 N–H and O–H groups in total. The van der Waals surface area contributed by atoms with Crippen LogP contribution < -0.4 is 10.9 Å². The number of nitrogens with zero attached hydrogens (tertiary/aromatic N) is 4. The normalized spacial score (nSPS) is 23.1. The SMILES string of the molecule is CC(=O)N1CCN(C(=O)OCCCN2C3CC[C@H]2CC(NC(=O)c2cc4ccccc4n(C(C)C)c2=O)C3)CC1. The van der Waals surface area contributed by atoms with E-state index in [1.807, 2.05) is 38.1 Å². The van der Waals surface area contributed by atoms with Crippen LogP contribution in [-0.4, -0.2) is 94.6 Å². The van der Waals surface area contributed by atoms with E-state index in [0.717, 1.165) is 49.6 Å². The number of piperidine rings is 1. The minimum Gasteiger partial charge on any atom is -0.449 e. The first-order valence-corrected chi connectivity index (χ1v) is 14.6. The quantitative estimate of drug-likeness (QED) is 0.531. The second kappa shape index (κ2) is 12.0.